The highest BCUT2D eigenvalue weighted by molar-refractivity contribution is 6.12. The first-order valence-electron chi connectivity index (χ1n) is 4.95. The molecule has 2 radical (unpaired) electrons. The molecule has 1 aliphatic carbocycles. The van der Waals surface area contributed by atoms with Gasteiger partial charge in [-0.2, -0.15) is 0 Å². The van der Waals surface area contributed by atoms with Gasteiger partial charge in [-0.3, -0.25) is 4.90 Å². The van der Waals surface area contributed by atoms with E-state index in [1.807, 2.05) is 0 Å². The Morgan fingerprint density at radius 2 is 1.92 bits per heavy atom. The second kappa shape index (κ2) is 3.80. The van der Waals surface area contributed by atoms with Crippen LogP contribution in [0.3, 0.4) is 0 Å². The maximum Gasteiger partial charge on any atom is 0.0720 e. The van der Waals surface area contributed by atoms with Crippen LogP contribution in [-0.4, -0.2) is 45.1 Å². The van der Waals surface area contributed by atoms with E-state index in [1.54, 1.807) is 0 Å². The Balaban J connectivity index is 1.89. The average molecular weight is 165 g/mol. The fourth-order valence-electron chi connectivity index (χ4n) is 2.33. The SMILES string of the molecule is [B][C@@H]1CCC[C@H]1N1CCOCC1. The molecule has 0 spiro atoms. The third-order valence-corrected chi connectivity index (χ3v) is 3.05. The first-order valence-corrected chi connectivity index (χ1v) is 4.95. The maximum atomic E-state index is 6.03. The van der Waals surface area contributed by atoms with Gasteiger partial charge in [0.15, 0.2) is 0 Å². The molecule has 2 rings (SSSR count). The quantitative estimate of drug-likeness (QED) is 0.533. The smallest absolute Gasteiger partial charge is 0.0720 e. The van der Waals surface area contributed by atoms with Gasteiger partial charge < -0.3 is 4.74 Å². The highest BCUT2D eigenvalue weighted by Crippen LogP contribution is 2.32. The molecule has 1 aliphatic heterocycles. The highest BCUT2D eigenvalue weighted by Gasteiger charge is 2.29. The van der Waals surface area contributed by atoms with Crippen LogP contribution in [0, 0.1) is 0 Å². The van der Waals surface area contributed by atoms with Crippen molar-refractivity contribution in [2.45, 2.75) is 31.1 Å². The van der Waals surface area contributed by atoms with E-state index in [1.165, 1.54) is 19.3 Å². The fraction of sp³-hybridized carbons (Fsp3) is 1.00. The van der Waals surface area contributed by atoms with E-state index < -0.39 is 0 Å². The van der Waals surface area contributed by atoms with Crippen LogP contribution >= 0.6 is 0 Å². The van der Waals surface area contributed by atoms with Gasteiger partial charge in [0.2, 0.25) is 0 Å². The van der Waals surface area contributed by atoms with Crippen LogP contribution in [-0.2, 0) is 4.74 Å². The van der Waals surface area contributed by atoms with Gasteiger partial charge >= 0.3 is 0 Å². The van der Waals surface area contributed by atoms with Gasteiger partial charge in [-0.05, 0) is 6.42 Å². The molecule has 0 N–H and O–H groups in total. The zero-order valence-corrected chi connectivity index (χ0v) is 7.54. The molecule has 1 heterocycles. The topological polar surface area (TPSA) is 12.5 Å². The summed E-state index contributed by atoms with van der Waals surface area (Å²) >= 11 is 0. The van der Waals surface area contributed by atoms with Crippen LogP contribution in [0.25, 0.3) is 0 Å². The van der Waals surface area contributed by atoms with Crippen LogP contribution < -0.4 is 0 Å². The molecule has 2 atom stereocenters. The molecular formula is C9H16BNO. The van der Waals surface area contributed by atoms with Gasteiger partial charge in [-0.1, -0.05) is 18.7 Å². The van der Waals surface area contributed by atoms with Crippen molar-refractivity contribution in [1.29, 1.82) is 0 Å². The molecule has 3 heteroatoms. The number of nitrogens with zero attached hydrogens (tertiary/aromatic N) is 1. The molecule has 0 aromatic heterocycles. The number of hydrogen-bond donors (Lipinski definition) is 0. The van der Waals surface area contributed by atoms with Crippen molar-refractivity contribution in [3.63, 3.8) is 0 Å². The van der Waals surface area contributed by atoms with Crippen LogP contribution in [0.4, 0.5) is 0 Å². The Hall–Kier alpha value is -0.0151. The van der Waals surface area contributed by atoms with Crippen molar-refractivity contribution in [2.75, 3.05) is 26.3 Å². The second-order valence-corrected chi connectivity index (χ2v) is 3.81. The summed E-state index contributed by atoms with van der Waals surface area (Å²) in [6, 6.07) is 0.647. The fourth-order valence-corrected chi connectivity index (χ4v) is 2.33. The maximum absolute atomic E-state index is 6.03. The zero-order chi connectivity index (χ0) is 8.39. The summed E-state index contributed by atoms with van der Waals surface area (Å²) in [5.41, 5.74) is 0. The third-order valence-electron chi connectivity index (χ3n) is 3.05. The lowest BCUT2D eigenvalue weighted by atomic mass is 9.82. The molecule has 0 aromatic carbocycles. The molecule has 0 aromatic rings. The number of morpholine rings is 1. The van der Waals surface area contributed by atoms with E-state index in [9.17, 15) is 0 Å². The first-order chi connectivity index (χ1) is 5.88. The van der Waals surface area contributed by atoms with Crippen LogP contribution in [0.2, 0.25) is 5.82 Å². The van der Waals surface area contributed by atoms with Gasteiger partial charge in [-0.15, -0.1) is 0 Å². The molecule has 12 heavy (non-hydrogen) atoms. The summed E-state index contributed by atoms with van der Waals surface area (Å²) in [7, 11) is 6.03. The van der Waals surface area contributed by atoms with E-state index in [-0.39, 0.29) is 0 Å². The lowest BCUT2D eigenvalue weighted by Crippen LogP contribution is -2.43. The van der Waals surface area contributed by atoms with Crippen molar-refractivity contribution in [3.8, 4) is 0 Å². The molecule has 0 amide bonds. The largest absolute Gasteiger partial charge is 0.379 e. The minimum Gasteiger partial charge on any atom is -0.379 e. The number of ether oxygens (including phenoxy) is 1. The average Bonchev–Trinajstić information content (AvgIpc) is 2.53. The van der Waals surface area contributed by atoms with E-state index in [0.717, 1.165) is 26.3 Å². The third kappa shape index (κ3) is 1.67. The molecule has 2 nitrogen and oxygen atoms in total. The van der Waals surface area contributed by atoms with Crippen molar-refractivity contribution in [2.24, 2.45) is 0 Å². The van der Waals surface area contributed by atoms with Gasteiger partial charge in [0, 0.05) is 19.1 Å². The number of hydrogen-bond acceptors (Lipinski definition) is 2. The Labute approximate surface area is 75.7 Å². The lowest BCUT2D eigenvalue weighted by molar-refractivity contribution is 0.0182. The van der Waals surface area contributed by atoms with Gasteiger partial charge in [0.25, 0.3) is 0 Å². The van der Waals surface area contributed by atoms with E-state index in [4.69, 9.17) is 12.6 Å². The van der Waals surface area contributed by atoms with E-state index in [0.29, 0.717) is 11.9 Å². The van der Waals surface area contributed by atoms with Crippen LogP contribution in [0.15, 0.2) is 0 Å². The predicted octanol–water partition coefficient (Wildman–Crippen LogP) is 0.828. The molecule has 0 unspecified atom stereocenters. The number of rotatable bonds is 1. The van der Waals surface area contributed by atoms with Crippen molar-refractivity contribution < 1.29 is 4.74 Å². The minimum absolute atomic E-state index is 0.420. The lowest BCUT2D eigenvalue weighted by Gasteiger charge is -2.34. The summed E-state index contributed by atoms with van der Waals surface area (Å²) in [5, 5.41) is 0. The highest BCUT2D eigenvalue weighted by atomic mass is 16.5. The molecule has 1 saturated carbocycles. The van der Waals surface area contributed by atoms with Crippen molar-refractivity contribution >= 4 is 7.85 Å². The second-order valence-electron chi connectivity index (χ2n) is 3.81. The Bertz CT molecular complexity index is 147. The van der Waals surface area contributed by atoms with Crippen LogP contribution in [0.1, 0.15) is 19.3 Å². The monoisotopic (exact) mass is 165 g/mol. The minimum atomic E-state index is 0.420. The van der Waals surface area contributed by atoms with Gasteiger partial charge in [-0.25, -0.2) is 0 Å². The summed E-state index contributed by atoms with van der Waals surface area (Å²) < 4.78 is 5.31. The molecule has 0 bridgehead atoms. The predicted molar refractivity (Wildman–Crippen MR) is 49.5 cm³/mol. The summed E-state index contributed by atoms with van der Waals surface area (Å²) in [4.78, 5) is 2.50. The van der Waals surface area contributed by atoms with E-state index >= 15 is 0 Å². The Kier molecular flexibility index (Phi) is 2.71. The van der Waals surface area contributed by atoms with Gasteiger partial charge in [0.1, 0.15) is 0 Å². The molecule has 66 valence electrons. The molecule has 1 saturated heterocycles. The van der Waals surface area contributed by atoms with Gasteiger partial charge in [0.05, 0.1) is 21.1 Å². The first kappa shape index (κ1) is 8.58. The molecule has 2 fully saturated rings. The Morgan fingerprint density at radius 3 is 2.50 bits per heavy atom. The van der Waals surface area contributed by atoms with E-state index in [2.05, 4.69) is 4.90 Å². The van der Waals surface area contributed by atoms with Crippen LogP contribution in [0.5, 0.6) is 0 Å². The Morgan fingerprint density at radius 1 is 1.17 bits per heavy atom. The molecular weight excluding hydrogens is 149 g/mol. The summed E-state index contributed by atoms with van der Waals surface area (Å²) in [6.45, 7) is 3.95. The summed E-state index contributed by atoms with van der Waals surface area (Å²) in [6.07, 6.45) is 3.81. The zero-order valence-electron chi connectivity index (χ0n) is 7.54. The standard InChI is InChI=1S/C9H16BNO/c10-8-2-1-3-9(8)11-4-6-12-7-5-11/h8-9H,1-7H2/t8-,9-/m1/s1. The summed E-state index contributed by atoms with van der Waals surface area (Å²) in [5.74, 6) is 0.420. The molecule has 2 aliphatic rings. The van der Waals surface area contributed by atoms with Crippen molar-refractivity contribution in [1.82, 2.24) is 4.90 Å². The van der Waals surface area contributed by atoms with Crippen molar-refractivity contribution in [3.05, 3.63) is 0 Å². The normalized spacial score (nSPS) is 38.7.